The first-order chi connectivity index (χ1) is 8.10. The van der Waals surface area contributed by atoms with Crippen molar-refractivity contribution in [3.05, 3.63) is 0 Å². The minimum atomic E-state index is 0.175. The predicted octanol–water partition coefficient (Wildman–Crippen LogP) is 2.51. The van der Waals surface area contributed by atoms with E-state index in [4.69, 9.17) is 4.74 Å². The van der Waals surface area contributed by atoms with E-state index >= 15 is 0 Å². The highest BCUT2D eigenvalue weighted by Gasteiger charge is 2.36. The quantitative estimate of drug-likeness (QED) is 0.639. The molecular formula is C14H32N2O. The Morgan fingerprint density at radius 1 is 1.18 bits per heavy atom. The highest BCUT2D eigenvalue weighted by molar-refractivity contribution is 4.95. The van der Waals surface area contributed by atoms with Gasteiger partial charge in [-0.2, -0.15) is 0 Å². The molecule has 104 valence electrons. The van der Waals surface area contributed by atoms with Gasteiger partial charge in [-0.1, -0.05) is 27.7 Å². The van der Waals surface area contributed by atoms with Gasteiger partial charge >= 0.3 is 0 Å². The van der Waals surface area contributed by atoms with Crippen molar-refractivity contribution in [2.24, 2.45) is 0 Å². The summed E-state index contributed by atoms with van der Waals surface area (Å²) in [4.78, 5) is 2.54. The molecule has 0 aliphatic heterocycles. The molecule has 0 fully saturated rings. The van der Waals surface area contributed by atoms with Gasteiger partial charge in [-0.25, -0.2) is 0 Å². The zero-order valence-corrected chi connectivity index (χ0v) is 12.7. The van der Waals surface area contributed by atoms with E-state index < -0.39 is 0 Å². The Labute approximate surface area is 108 Å². The van der Waals surface area contributed by atoms with Crippen LogP contribution in [0.3, 0.4) is 0 Å². The monoisotopic (exact) mass is 244 g/mol. The van der Waals surface area contributed by atoms with E-state index in [1.807, 2.05) is 0 Å². The number of rotatable bonds is 10. The number of hydrogen-bond acceptors (Lipinski definition) is 3. The summed E-state index contributed by atoms with van der Waals surface area (Å²) in [6, 6.07) is 0.400. The number of ether oxygens (including phenoxy) is 1. The van der Waals surface area contributed by atoms with Crippen LogP contribution < -0.4 is 5.32 Å². The fraction of sp³-hybridized carbons (Fsp3) is 1.00. The fourth-order valence-corrected chi connectivity index (χ4v) is 2.58. The van der Waals surface area contributed by atoms with Crippen molar-refractivity contribution in [2.45, 2.75) is 59.0 Å². The average molecular weight is 244 g/mol. The smallest absolute Gasteiger partial charge is 0.0633 e. The van der Waals surface area contributed by atoms with Gasteiger partial charge in [0.2, 0.25) is 0 Å². The highest BCUT2D eigenvalue weighted by Crippen LogP contribution is 2.24. The summed E-state index contributed by atoms with van der Waals surface area (Å²) < 4.78 is 5.40. The van der Waals surface area contributed by atoms with Crippen molar-refractivity contribution in [1.82, 2.24) is 10.2 Å². The standard InChI is InChI=1S/C14H32N2O/c1-7-11-15-13(12-17-6)14(5,8-2)16(9-3)10-4/h13,15H,7-12H2,1-6H3. The molecule has 0 aliphatic rings. The fourth-order valence-electron chi connectivity index (χ4n) is 2.58. The molecule has 17 heavy (non-hydrogen) atoms. The minimum Gasteiger partial charge on any atom is -0.383 e. The van der Waals surface area contributed by atoms with Crippen molar-refractivity contribution in [3.63, 3.8) is 0 Å². The largest absolute Gasteiger partial charge is 0.383 e. The second-order valence-corrected chi connectivity index (χ2v) is 4.85. The summed E-state index contributed by atoms with van der Waals surface area (Å²) in [7, 11) is 1.79. The molecule has 3 nitrogen and oxygen atoms in total. The van der Waals surface area contributed by atoms with Crippen LogP contribution in [0.1, 0.15) is 47.5 Å². The number of likely N-dealkylation sites (N-methyl/N-ethyl adjacent to an activating group) is 1. The first-order valence-corrected chi connectivity index (χ1v) is 7.07. The van der Waals surface area contributed by atoms with Gasteiger partial charge in [0.25, 0.3) is 0 Å². The van der Waals surface area contributed by atoms with Crippen LogP contribution in [0, 0.1) is 0 Å². The second-order valence-electron chi connectivity index (χ2n) is 4.85. The third-order valence-corrected chi connectivity index (χ3v) is 3.93. The molecule has 2 atom stereocenters. The SMILES string of the molecule is CCCNC(COC)C(C)(CC)N(CC)CC. The molecular weight excluding hydrogens is 212 g/mol. The van der Waals surface area contributed by atoms with E-state index in [0.717, 1.165) is 39.1 Å². The topological polar surface area (TPSA) is 24.5 Å². The van der Waals surface area contributed by atoms with Gasteiger partial charge in [0, 0.05) is 18.7 Å². The van der Waals surface area contributed by atoms with Gasteiger partial charge in [-0.05, 0) is 39.4 Å². The molecule has 1 N–H and O–H groups in total. The van der Waals surface area contributed by atoms with Crippen molar-refractivity contribution in [1.29, 1.82) is 0 Å². The minimum absolute atomic E-state index is 0.175. The Balaban J connectivity index is 4.81. The number of methoxy groups -OCH3 is 1. The van der Waals surface area contributed by atoms with Gasteiger partial charge in [-0.3, -0.25) is 4.90 Å². The Hall–Kier alpha value is -0.120. The Kier molecular flexibility index (Phi) is 8.83. The Bertz CT molecular complexity index is 183. The maximum atomic E-state index is 5.40. The van der Waals surface area contributed by atoms with E-state index in [0.29, 0.717) is 6.04 Å². The maximum absolute atomic E-state index is 5.40. The normalized spacial score (nSPS) is 17.1. The van der Waals surface area contributed by atoms with Crippen molar-refractivity contribution in [2.75, 3.05) is 33.4 Å². The van der Waals surface area contributed by atoms with Crippen LogP contribution in [0.5, 0.6) is 0 Å². The summed E-state index contributed by atoms with van der Waals surface area (Å²) in [5.74, 6) is 0. The molecule has 0 aromatic rings. The van der Waals surface area contributed by atoms with Crippen LogP contribution in [0.2, 0.25) is 0 Å². The average Bonchev–Trinajstić information content (AvgIpc) is 2.35. The first kappa shape index (κ1) is 16.9. The van der Waals surface area contributed by atoms with Gasteiger partial charge in [0.15, 0.2) is 0 Å². The summed E-state index contributed by atoms with van der Waals surface area (Å²) in [6.07, 6.45) is 2.30. The van der Waals surface area contributed by atoms with E-state index in [-0.39, 0.29) is 5.54 Å². The van der Waals surface area contributed by atoms with Crippen LogP contribution in [-0.2, 0) is 4.74 Å². The van der Waals surface area contributed by atoms with E-state index in [1.165, 1.54) is 0 Å². The van der Waals surface area contributed by atoms with Crippen LogP contribution >= 0.6 is 0 Å². The van der Waals surface area contributed by atoms with Crippen LogP contribution in [0.25, 0.3) is 0 Å². The number of hydrogen-bond donors (Lipinski definition) is 1. The third-order valence-electron chi connectivity index (χ3n) is 3.93. The molecule has 2 unspecified atom stereocenters. The van der Waals surface area contributed by atoms with Gasteiger partial charge in [-0.15, -0.1) is 0 Å². The molecule has 0 saturated carbocycles. The first-order valence-electron chi connectivity index (χ1n) is 7.07. The maximum Gasteiger partial charge on any atom is 0.0633 e. The lowest BCUT2D eigenvalue weighted by atomic mass is 9.87. The van der Waals surface area contributed by atoms with E-state index in [9.17, 15) is 0 Å². The molecule has 3 heteroatoms. The van der Waals surface area contributed by atoms with Crippen molar-refractivity contribution >= 4 is 0 Å². The van der Waals surface area contributed by atoms with Crippen LogP contribution in [0.4, 0.5) is 0 Å². The Morgan fingerprint density at radius 3 is 2.12 bits per heavy atom. The molecule has 0 aromatic carbocycles. The van der Waals surface area contributed by atoms with Crippen LogP contribution in [-0.4, -0.2) is 49.8 Å². The number of nitrogens with zero attached hydrogens (tertiary/aromatic N) is 1. The lowest BCUT2D eigenvalue weighted by Gasteiger charge is -2.46. The van der Waals surface area contributed by atoms with Crippen molar-refractivity contribution < 1.29 is 4.74 Å². The van der Waals surface area contributed by atoms with Crippen LogP contribution in [0.15, 0.2) is 0 Å². The summed E-state index contributed by atoms with van der Waals surface area (Å²) >= 11 is 0. The van der Waals surface area contributed by atoms with E-state index in [2.05, 4.69) is 44.8 Å². The predicted molar refractivity (Wildman–Crippen MR) is 75.6 cm³/mol. The summed E-state index contributed by atoms with van der Waals surface area (Å²) in [5.41, 5.74) is 0.175. The Morgan fingerprint density at radius 2 is 1.76 bits per heavy atom. The molecule has 0 bridgehead atoms. The number of nitrogens with one attached hydrogen (secondary N) is 1. The molecule has 0 aliphatic carbocycles. The molecule has 0 spiro atoms. The van der Waals surface area contributed by atoms with Gasteiger partial charge < -0.3 is 10.1 Å². The lowest BCUT2D eigenvalue weighted by Crippen LogP contribution is -2.61. The zero-order chi connectivity index (χ0) is 13.3. The van der Waals surface area contributed by atoms with Gasteiger partial charge in [0.05, 0.1) is 6.61 Å². The molecule has 0 radical (unpaired) electrons. The highest BCUT2D eigenvalue weighted by atomic mass is 16.5. The summed E-state index contributed by atoms with van der Waals surface area (Å²) in [5, 5.41) is 3.64. The van der Waals surface area contributed by atoms with E-state index in [1.54, 1.807) is 7.11 Å². The summed E-state index contributed by atoms with van der Waals surface area (Å²) in [6.45, 7) is 15.3. The molecule has 0 heterocycles. The second kappa shape index (κ2) is 8.90. The molecule has 0 saturated heterocycles. The third kappa shape index (κ3) is 4.57. The molecule has 0 aromatic heterocycles. The van der Waals surface area contributed by atoms with Crippen molar-refractivity contribution in [3.8, 4) is 0 Å². The molecule has 0 amide bonds. The zero-order valence-electron chi connectivity index (χ0n) is 12.7. The lowest BCUT2D eigenvalue weighted by molar-refractivity contribution is 0.0315. The van der Waals surface area contributed by atoms with Gasteiger partial charge in [0.1, 0.15) is 0 Å². The molecule has 0 rings (SSSR count).